The third-order valence-corrected chi connectivity index (χ3v) is 1.33. The fraction of sp³-hybridized carbons (Fsp3) is 0.286. The first-order valence-electron chi connectivity index (χ1n) is 3.29. The van der Waals surface area contributed by atoms with Gasteiger partial charge in [-0.25, -0.2) is 13.8 Å². The highest BCUT2D eigenvalue weighted by Gasteiger charge is 2.10. The topological polar surface area (TPSA) is 59.1 Å². The lowest BCUT2D eigenvalue weighted by atomic mass is 10.2. The van der Waals surface area contributed by atoms with E-state index < -0.39 is 12.1 Å². The molecule has 1 heterocycles. The highest BCUT2D eigenvalue weighted by molar-refractivity contribution is 5.34. The molecule has 0 bridgehead atoms. The number of anilines is 1. The van der Waals surface area contributed by atoms with Crippen LogP contribution in [0.4, 0.5) is 14.6 Å². The van der Waals surface area contributed by atoms with Crippen molar-refractivity contribution < 1.29 is 13.9 Å². The van der Waals surface area contributed by atoms with Crippen molar-refractivity contribution in [3.8, 4) is 0 Å². The van der Waals surface area contributed by atoms with Gasteiger partial charge in [0.15, 0.2) is 0 Å². The summed E-state index contributed by atoms with van der Waals surface area (Å²) in [5.74, 6) is -0.00292. The number of hydrogen-bond acceptors (Lipinski definition) is 3. The number of rotatable bonds is 2. The van der Waals surface area contributed by atoms with Crippen molar-refractivity contribution in [2.45, 2.75) is 13.0 Å². The fourth-order valence-corrected chi connectivity index (χ4v) is 0.838. The van der Waals surface area contributed by atoms with Crippen LogP contribution < -0.4 is 5.73 Å². The van der Waals surface area contributed by atoms with E-state index in [1.807, 2.05) is 0 Å². The lowest BCUT2D eigenvalue weighted by Gasteiger charge is -2.02. The van der Waals surface area contributed by atoms with Crippen molar-refractivity contribution in [3.63, 3.8) is 0 Å². The molecule has 0 radical (unpaired) electrons. The smallest absolute Gasteiger partial charge is 0.280 e. The Balaban J connectivity index is 3.06. The Hall–Kier alpha value is -1.23. The molecule has 66 valence electrons. The van der Waals surface area contributed by atoms with Crippen LogP contribution in [-0.4, -0.2) is 10.1 Å². The number of halogens is 2. The zero-order chi connectivity index (χ0) is 9.14. The maximum Gasteiger partial charge on any atom is 0.280 e. The van der Waals surface area contributed by atoms with E-state index >= 15 is 0 Å². The molecule has 0 spiro atoms. The van der Waals surface area contributed by atoms with Crippen molar-refractivity contribution in [3.05, 3.63) is 23.4 Å². The van der Waals surface area contributed by atoms with Gasteiger partial charge in [0.2, 0.25) is 0 Å². The molecule has 0 aliphatic heterocycles. The molecule has 0 saturated heterocycles. The number of aliphatic hydroxyl groups excluding tert-OH is 1. The Kier molecular flexibility index (Phi) is 2.54. The second-order valence-corrected chi connectivity index (χ2v) is 2.28. The fourth-order valence-electron chi connectivity index (χ4n) is 0.838. The van der Waals surface area contributed by atoms with Crippen molar-refractivity contribution >= 4 is 5.82 Å². The minimum Gasteiger partial charge on any atom is -0.392 e. The molecule has 3 N–H and O–H groups in total. The molecule has 5 heteroatoms. The lowest BCUT2D eigenvalue weighted by Crippen LogP contribution is -1.98. The van der Waals surface area contributed by atoms with E-state index in [0.717, 1.165) is 6.07 Å². The van der Waals surface area contributed by atoms with Gasteiger partial charge in [0, 0.05) is 0 Å². The van der Waals surface area contributed by atoms with Gasteiger partial charge in [0.25, 0.3) is 6.43 Å². The number of nitrogens with zero attached hydrogens (tertiary/aromatic N) is 1. The largest absolute Gasteiger partial charge is 0.392 e. The van der Waals surface area contributed by atoms with Gasteiger partial charge in [-0.05, 0) is 17.7 Å². The van der Waals surface area contributed by atoms with Crippen LogP contribution in [0.3, 0.4) is 0 Å². The molecule has 1 rings (SSSR count). The summed E-state index contributed by atoms with van der Waals surface area (Å²) >= 11 is 0. The Morgan fingerprint density at radius 3 is 2.67 bits per heavy atom. The van der Waals surface area contributed by atoms with E-state index in [2.05, 4.69) is 4.98 Å². The van der Waals surface area contributed by atoms with Crippen LogP contribution in [0, 0.1) is 0 Å². The Morgan fingerprint density at radius 2 is 2.17 bits per heavy atom. The molecule has 0 amide bonds. The average Bonchev–Trinajstić information content (AvgIpc) is 2.03. The van der Waals surface area contributed by atoms with Crippen molar-refractivity contribution in [2.24, 2.45) is 0 Å². The quantitative estimate of drug-likeness (QED) is 0.705. The van der Waals surface area contributed by atoms with Crippen molar-refractivity contribution in [2.75, 3.05) is 5.73 Å². The van der Waals surface area contributed by atoms with Crippen LogP contribution >= 0.6 is 0 Å². The summed E-state index contributed by atoms with van der Waals surface area (Å²) in [5.41, 5.74) is 5.16. The molecule has 0 aromatic carbocycles. The van der Waals surface area contributed by atoms with Gasteiger partial charge in [-0.2, -0.15) is 0 Å². The Morgan fingerprint density at radius 1 is 1.50 bits per heavy atom. The molecule has 0 aliphatic rings. The number of hydrogen-bond donors (Lipinski definition) is 2. The van der Waals surface area contributed by atoms with Crippen LogP contribution in [-0.2, 0) is 6.61 Å². The SMILES string of the molecule is Nc1cc(CO)cc(C(F)F)n1. The molecule has 0 fully saturated rings. The molecular formula is C7H8F2N2O. The molecule has 3 nitrogen and oxygen atoms in total. The molecule has 1 aromatic heterocycles. The van der Waals surface area contributed by atoms with Crippen LogP contribution in [0.2, 0.25) is 0 Å². The normalized spacial score (nSPS) is 10.7. The molecule has 12 heavy (non-hydrogen) atoms. The third-order valence-electron chi connectivity index (χ3n) is 1.33. The number of aliphatic hydroxyl groups is 1. The summed E-state index contributed by atoms with van der Waals surface area (Å²) in [6, 6.07) is 2.48. The summed E-state index contributed by atoms with van der Waals surface area (Å²) in [7, 11) is 0. The highest BCUT2D eigenvalue weighted by atomic mass is 19.3. The second-order valence-electron chi connectivity index (χ2n) is 2.28. The lowest BCUT2D eigenvalue weighted by molar-refractivity contribution is 0.146. The zero-order valence-electron chi connectivity index (χ0n) is 6.17. The van der Waals surface area contributed by atoms with Crippen LogP contribution in [0.5, 0.6) is 0 Å². The minimum atomic E-state index is -2.65. The standard InChI is InChI=1S/C7H8F2N2O/c8-7(9)5-1-4(3-12)2-6(10)11-5/h1-2,7,12H,3H2,(H2,10,11). The third kappa shape index (κ3) is 1.88. The Bertz CT molecular complexity index is 278. The predicted molar refractivity (Wildman–Crippen MR) is 39.5 cm³/mol. The van der Waals surface area contributed by atoms with Crippen LogP contribution in [0.15, 0.2) is 12.1 Å². The van der Waals surface area contributed by atoms with E-state index in [9.17, 15) is 8.78 Å². The first-order valence-corrected chi connectivity index (χ1v) is 3.29. The zero-order valence-corrected chi connectivity index (χ0v) is 6.17. The van der Waals surface area contributed by atoms with Gasteiger partial charge >= 0.3 is 0 Å². The summed E-state index contributed by atoms with van der Waals surface area (Å²) in [6.45, 7) is -0.313. The van der Waals surface area contributed by atoms with Gasteiger partial charge < -0.3 is 10.8 Å². The second kappa shape index (κ2) is 3.44. The van der Waals surface area contributed by atoms with Gasteiger partial charge in [-0.1, -0.05) is 0 Å². The molecule has 0 atom stereocenters. The first kappa shape index (κ1) is 8.86. The first-order chi connectivity index (χ1) is 5.63. The van der Waals surface area contributed by atoms with E-state index in [-0.39, 0.29) is 12.4 Å². The maximum absolute atomic E-state index is 12.1. The predicted octanol–water partition coefficient (Wildman–Crippen LogP) is 1.09. The van der Waals surface area contributed by atoms with Crippen molar-refractivity contribution in [1.29, 1.82) is 0 Å². The molecule has 0 unspecified atom stereocenters. The number of nitrogen functional groups attached to an aromatic ring is 1. The van der Waals surface area contributed by atoms with Gasteiger partial charge in [0.1, 0.15) is 11.5 Å². The van der Waals surface area contributed by atoms with Crippen molar-refractivity contribution in [1.82, 2.24) is 4.98 Å². The number of nitrogens with two attached hydrogens (primary N) is 1. The monoisotopic (exact) mass is 174 g/mol. The molecule has 0 aliphatic carbocycles. The molecule has 0 saturated carbocycles. The highest BCUT2D eigenvalue weighted by Crippen LogP contribution is 2.19. The van der Waals surface area contributed by atoms with E-state index in [0.29, 0.717) is 5.56 Å². The van der Waals surface area contributed by atoms with E-state index in [4.69, 9.17) is 10.8 Å². The number of aromatic nitrogens is 1. The van der Waals surface area contributed by atoms with Crippen LogP contribution in [0.25, 0.3) is 0 Å². The summed E-state index contributed by atoms with van der Waals surface area (Å²) in [5, 5.41) is 8.64. The summed E-state index contributed by atoms with van der Waals surface area (Å²) in [4.78, 5) is 3.40. The average molecular weight is 174 g/mol. The van der Waals surface area contributed by atoms with Gasteiger partial charge in [0.05, 0.1) is 6.61 Å². The van der Waals surface area contributed by atoms with E-state index in [1.54, 1.807) is 0 Å². The van der Waals surface area contributed by atoms with Gasteiger partial charge in [-0.15, -0.1) is 0 Å². The summed E-state index contributed by atoms with van der Waals surface area (Å²) in [6.07, 6.45) is -2.65. The Labute approximate surface area is 67.8 Å². The number of pyridine rings is 1. The minimum absolute atomic E-state index is 0.00292. The molecule has 1 aromatic rings. The van der Waals surface area contributed by atoms with Crippen LogP contribution in [0.1, 0.15) is 17.7 Å². The van der Waals surface area contributed by atoms with Gasteiger partial charge in [-0.3, -0.25) is 0 Å². The van der Waals surface area contributed by atoms with E-state index in [1.165, 1.54) is 6.07 Å². The number of alkyl halides is 2. The maximum atomic E-state index is 12.1. The summed E-state index contributed by atoms with van der Waals surface area (Å²) < 4.78 is 24.1. The molecular weight excluding hydrogens is 166 g/mol.